The molecule has 2 aromatic rings. The molecule has 162 valence electrons. The summed E-state index contributed by atoms with van der Waals surface area (Å²) in [5, 5.41) is 3.22. The number of fused-ring (bicyclic) bond motifs is 1. The second kappa shape index (κ2) is 8.49. The quantitative estimate of drug-likeness (QED) is 0.746. The second-order valence-electron chi connectivity index (χ2n) is 9.50. The van der Waals surface area contributed by atoms with Crippen molar-refractivity contribution in [2.45, 2.75) is 81.8 Å². The molecule has 0 radical (unpaired) electrons. The smallest absolute Gasteiger partial charge is 0.254 e. The Bertz CT molecular complexity index is 943. The van der Waals surface area contributed by atoms with Gasteiger partial charge in [0, 0.05) is 18.2 Å². The van der Waals surface area contributed by atoms with Crippen molar-refractivity contribution in [3.8, 4) is 0 Å². The first-order valence-electron chi connectivity index (χ1n) is 11.9. The first-order valence-corrected chi connectivity index (χ1v) is 11.9. The van der Waals surface area contributed by atoms with E-state index in [0.717, 1.165) is 55.2 Å². The van der Waals surface area contributed by atoms with E-state index in [-0.39, 0.29) is 29.3 Å². The van der Waals surface area contributed by atoms with E-state index < -0.39 is 0 Å². The Labute approximate surface area is 185 Å². The number of hydrogen-bond donors (Lipinski definition) is 1. The number of nitrogens with zero attached hydrogens (tertiary/aromatic N) is 1. The second-order valence-corrected chi connectivity index (χ2v) is 9.50. The van der Waals surface area contributed by atoms with Crippen molar-refractivity contribution >= 4 is 11.8 Å². The highest BCUT2D eigenvalue weighted by Crippen LogP contribution is 2.52. The fourth-order valence-corrected chi connectivity index (χ4v) is 6.36. The van der Waals surface area contributed by atoms with Crippen LogP contribution in [-0.4, -0.2) is 28.3 Å². The van der Waals surface area contributed by atoms with Gasteiger partial charge in [-0.25, -0.2) is 0 Å². The normalized spacial score (nSPS) is 23.0. The van der Waals surface area contributed by atoms with Crippen LogP contribution in [0.1, 0.15) is 85.2 Å². The molecule has 1 N–H and O–H groups in total. The van der Waals surface area contributed by atoms with Crippen LogP contribution in [0, 0.1) is 0 Å². The fourth-order valence-electron chi connectivity index (χ4n) is 6.36. The highest BCUT2D eigenvalue weighted by molar-refractivity contribution is 6.02. The van der Waals surface area contributed by atoms with E-state index in [2.05, 4.69) is 10.2 Å². The number of carbonyl (C=O) groups is 2. The third-order valence-electron chi connectivity index (χ3n) is 7.72. The average Bonchev–Trinajstić information content (AvgIpc) is 3.28. The van der Waals surface area contributed by atoms with E-state index in [1.165, 1.54) is 19.3 Å². The maximum atomic E-state index is 13.8. The largest absolute Gasteiger partial charge is 0.351 e. The van der Waals surface area contributed by atoms with Gasteiger partial charge in [0.25, 0.3) is 5.91 Å². The number of amides is 2. The zero-order valence-corrected chi connectivity index (χ0v) is 18.2. The molecule has 0 bridgehead atoms. The van der Waals surface area contributed by atoms with E-state index in [1.54, 1.807) is 0 Å². The third kappa shape index (κ3) is 3.56. The number of nitrogens with one attached hydrogen (secondary N) is 1. The molecule has 0 unspecified atom stereocenters. The minimum atomic E-state index is -0.381. The van der Waals surface area contributed by atoms with Crippen molar-refractivity contribution in [2.75, 3.05) is 0 Å². The summed E-state index contributed by atoms with van der Waals surface area (Å²) in [6, 6.07) is 18.2. The minimum Gasteiger partial charge on any atom is -0.351 e. The molecule has 0 saturated heterocycles. The van der Waals surface area contributed by atoms with Crippen molar-refractivity contribution in [1.82, 2.24) is 10.2 Å². The Morgan fingerprint density at radius 2 is 1.58 bits per heavy atom. The Hall–Kier alpha value is -2.62. The van der Waals surface area contributed by atoms with Crippen LogP contribution in [0.4, 0.5) is 0 Å². The molecule has 1 spiro atoms. The Morgan fingerprint density at radius 3 is 2.32 bits per heavy atom. The molecule has 0 aromatic heterocycles. The van der Waals surface area contributed by atoms with Gasteiger partial charge < -0.3 is 10.2 Å². The summed E-state index contributed by atoms with van der Waals surface area (Å²) in [7, 11) is 0. The molecule has 5 rings (SSSR count). The summed E-state index contributed by atoms with van der Waals surface area (Å²) in [6.45, 7) is 0.520. The van der Waals surface area contributed by atoms with E-state index in [0.29, 0.717) is 6.54 Å². The maximum absolute atomic E-state index is 13.8. The van der Waals surface area contributed by atoms with E-state index in [9.17, 15) is 9.59 Å². The lowest BCUT2D eigenvalue weighted by Crippen LogP contribution is -2.63. The molecule has 1 heterocycles. The van der Waals surface area contributed by atoms with E-state index >= 15 is 0 Å². The van der Waals surface area contributed by atoms with Crippen LogP contribution in [0.25, 0.3) is 0 Å². The molecule has 2 saturated carbocycles. The molecule has 31 heavy (non-hydrogen) atoms. The molecule has 2 fully saturated rings. The maximum Gasteiger partial charge on any atom is 0.254 e. The predicted molar refractivity (Wildman–Crippen MR) is 122 cm³/mol. The van der Waals surface area contributed by atoms with Crippen LogP contribution < -0.4 is 5.32 Å². The van der Waals surface area contributed by atoms with Crippen molar-refractivity contribution < 1.29 is 9.59 Å². The number of benzene rings is 2. The first kappa shape index (κ1) is 20.3. The summed E-state index contributed by atoms with van der Waals surface area (Å²) >= 11 is 0. The fraction of sp³-hybridized carbons (Fsp3) is 0.481. The number of hydrogen-bond acceptors (Lipinski definition) is 2. The molecule has 4 heteroatoms. The minimum absolute atomic E-state index is 0.0616. The zero-order valence-electron chi connectivity index (χ0n) is 18.2. The highest BCUT2D eigenvalue weighted by Gasteiger charge is 2.57. The Morgan fingerprint density at radius 1 is 0.903 bits per heavy atom. The van der Waals surface area contributed by atoms with Crippen LogP contribution in [0.15, 0.2) is 54.6 Å². The van der Waals surface area contributed by atoms with Gasteiger partial charge in [-0.2, -0.15) is 0 Å². The summed E-state index contributed by atoms with van der Waals surface area (Å²) in [6.07, 6.45) is 9.75. The topological polar surface area (TPSA) is 49.4 Å². The van der Waals surface area contributed by atoms with E-state index in [4.69, 9.17) is 0 Å². The molecule has 2 aromatic carbocycles. The number of carbonyl (C=O) groups excluding carboxylic acids is 2. The summed E-state index contributed by atoms with van der Waals surface area (Å²) in [5.41, 5.74) is 2.37. The molecule has 4 nitrogen and oxygen atoms in total. The lowest BCUT2D eigenvalue weighted by atomic mass is 9.69. The van der Waals surface area contributed by atoms with Gasteiger partial charge in [-0.1, -0.05) is 80.6 Å². The zero-order chi connectivity index (χ0) is 21.3. The Kier molecular flexibility index (Phi) is 5.56. The average molecular weight is 417 g/mol. The van der Waals surface area contributed by atoms with Gasteiger partial charge in [0.15, 0.2) is 0 Å². The van der Waals surface area contributed by atoms with Gasteiger partial charge >= 0.3 is 0 Å². The van der Waals surface area contributed by atoms with Gasteiger partial charge in [0.1, 0.15) is 0 Å². The monoisotopic (exact) mass is 416 g/mol. The van der Waals surface area contributed by atoms with E-state index in [1.807, 2.05) is 54.6 Å². The number of rotatable bonds is 4. The SMILES string of the molecule is O=C(NCc1ccccc1)[C@@H]1c2ccccc2C(=O)N(C2CCCCC2)C12CCCC2. The predicted octanol–water partition coefficient (Wildman–Crippen LogP) is 5.19. The van der Waals surface area contributed by atoms with Crippen LogP contribution >= 0.6 is 0 Å². The van der Waals surface area contributed by atoms with Gasteiger partial charge in [0.05, 0.1) is 11.5 Å². The van der Waals surface area contributed by atoms with Crippen LogP contribution in [0.3, 0.4) is 0 Å². The lowest BCUT2D eigenvalue weighted by molar-refractivity contribution is -0.127. The van der Waals surface area contributed by atoms with Crippen LogP contribution in [0.2, 0.25) is 0 Å². The third-order valence-corrected chi connectivity index (χ3v) is 7.72. The molecule has 1 atom stereocenters. The molecular formula is C27H32N2O2. The molecule has 2 amide bonds. The first-order chi connectivity index (χ1) is 15.2. The molecule has 3 aliphatic rings. The summed E-state index contributed by atoms with van der Waals surface area (Å²) < 4.78 is 0. The highest BCUT2D eigenvalue weighted by atomic mass is 16.2. The van der Waals surface area contributed by atoms with Crippen molar-refractivity contribution in [2.24, 2.45) is 0 Å². The lowest BCUT2D eigenvalue weighted by Gasteiger charge is -2.54. The molecule has 2 aliphatic carbocycles. The Balaban J connectivity index is 1.54. The van der Waals surface area contributed by atoms with Gasteiger partial charge in [0.2, 0.25) is 5.91 Å². The molecule has 1 aliphatic heterocycles. The van der Waals surface area contributed by atoms with Gasteiger partial charge in [-0.3, -0.25) is 9.59 Å². The molecular weight excluding hydrogens is 384 g/mol. The van der Waals surface area contributed by atoms with Gasteiger partial charge in [-0.15, -0.1) is 0 Å². The van der Waals surface area contributed by atoms with Crippen molar-refractivity contribution in [3.63, 3.8) is 0 Å². The van der Waals surface area contributed by atoms with Crippen molar-refractivity contribution in [1.29, 1.82) is 0 Å². The van der Waals surface area contributed by atoms with Gasteiger partial charge in [-0.05, 0) is 42.9 Å². The summed E-state index contributed by atoms with van der Waals surface area (Å²) in [5.74, 6) is -0.0856. The van der Waals surface area contributed by atoms with Crippen LogP contribution in [0.5, 0.6) is 0 Å². The standard InChI is InChI=1S/C27H32N2O2/c30-25(28-19-20-11-3-1-4-12-20)24-22-15-7-8-16-23(22)26(31)29(21-13-5-2-6-14-21)27(24)17-9-10-18-27/h1,3-4,7-8,11-12,15-16,21,24H,2,5-6,9-10,13-14,17-19H2,(H,28,30)/t24-/m0/s1. The van der Waals surface area contributed by atoms with Crippen LogP contribution in [-0.2, 0) is 11.3 Å². The summed E-state index contributed by atoms with van der Waals surface area (Å²) in [4.78, 5) is 29.8. The van der Waals surface area contributed by atoms with Crippen molar-refractivity contribution in [3.05, 3.63) is 71.3 Å².